The molecule has 1 aromatic heterocycles. The average molecular weight is 311 g/mol. The van der Waals surface area contributed by atoms with Gasteiger partial charge in [-0.1, -0.05) is 12.1 Å². The Kier molecular flexibility index (Phi) is 5.56. The molecule has 0 spiro atoms. The smallest absolute Gasteiger partial charge is 0.317 e. The molecular formula is C15H25N3O2S. The molecule has 2 unspecified atom stereocenters. The molecule has 2 atom stereocenters. The summed E-state index contributed by atoms with van der Waals surface area (Å²) in [5.41, 5.74) is 1.82. The molecule has 1 N–H and O–H groups in total. The summed E-state index contributed by atoms with van der Waals surface area (Å²) in [5.74, 6) is 1.93. The standard InChI is InChI=1S/C15H25N3O2S/c1-5-21-13-7-6-12(8-13)18(4)15(19)16-9-14-10(2)17-20-11(14)3/h12-13H,5-9H2,1-4H3,(H,16,19). The number of nitrogens with zero attached hydrogens (tertiary/aromatic N) is 2. The number of urea groups is 1. The number of hydrogen-bond donors (Lipinski definition) is 1. The van der Waals surface area contributed by atoms with Gasteiger partial charge < -0.3 is 14.7 Å². The van der Waals surface area contributed by atoms with Crippen molar-refractivity contribution in [3.8, 4) is 0 Å². The minimum atomic E-state index is -0.0119. The minimum Gasteiger partial charge on any atom is -0.361 e. The van der Waals surface area contributed by atoms with E-state index in [1.807, 2.05) is 37.6 Å². The van der Waals surface area contributed by atoms with Gasteiger partial charge in [0, 0.05) is 30.4 Å². The Balaban J connectivity index is 1.83. The Morgan fingerprint density at radius 1 is 1.48 bits per heavy atom. The highest BCUT2D eigenvalue weighted by molar-refractivity contribution is 7.99. The van der Waals surface area contributed by atoms with Crippen LogP contribution in [0.25, 0.3) is 0 Å². The van der Waals surface area contributed by atoms with Gasteiger partial charge in [0.25, 0.3) is 0 Å². The van der Waals surface area contributed by atoms with E-state index in [0.29, 0.717) is 17.8 Å². The van der Waals surface area contributed by atoms with Gasteiger partial charge in [-0.3, -0.25) is 0 Å². The largest absolute Gasteiger partial charge is 0.361 e. The van der Waals surface area contributed by atoms with Crippen molar-refractivity contribution in [2.75, 3.05) is 12.8 Å². The third-order valence-corrected chi connectivity index (χ3v) is 5.46. The van der Waals surface area contributed by atoms with Crippen molar-refractivity contribution in [1.29, 1.82) is 0 Å². The van der Waals surface area contributed by atoms with Crippen molar-refractivity contribution in [2.24, 2.45) is 0 Å². The maximum atomic E-state index is 12.3. The number of aromatic nitrogens is 1. The number of carbonyl (C=O) groups excluding carboxylic acids is 1. The number of rotatable bonds is 5. The molecule has 118 valence electrons. The lowest BCUT2D eigenvalue weighted by atomic mass is 10.2. The van der Waals surface area contributed by atoms with Crippen molar-refractivity contribution in [2.45, 2.75) is 57.9 Å². The summed E-state index contributed by atoms with van der Waals surface area (Å²) < 4.78 is 5.11. The van der Waals surface area contributed by atoms with Crippen LogP contribution in [0.3, 0.4) is 0 Å². The van der Waals surface area contributed by atoms with Gasteiger partial charge in [0.05, 0.1) is 5.69 Å². The lowest BCUT2D eigenvalue weighted by Crippen LogP contribution is -2.42. The predicted molar refractivity (Wildman–Crippen MR) is 85.5 cm³/mol. The van der Waals surface area contributed by atoms with E-state index in [9.17, 15) is 4.79 Å². The molecule has 0 saturated heterocycles. The van der Waals surface area contributed by atoms with Crippen LogP contribution in [-0.2, 0) is 6.54 Å². The van der Waals surface area contributed by atoms with Gasteiger partial charge in [-0.15, -0.1) is 0 Å². The molecule has 2 rings (SSSR count). The number of aryl methyl sites for hydroxylation is 2. The van der Waals surface area contributed by atoms with Crippen molar-refractivity contribution in [1.82, 2.24) is 15.4 Å². The van der Waals surface area contributed by atoms with E-state index in [2.05, 4.69) is 17.4 Å². The molecule has 21 heavy (non-hydrogen) atoms. The van der Waals surface area contributed by atoms with Gasteiger partial charge >= 0.3 is 6.03 Å². The number of nitrogens with one attached hydrogen (secondary N) is 1. The predicted octanol–water partition coefficient (Wildman–Crippen LogP) is 3.11. The first-order valence-electron chi connectivity index (χ1n) is 7.57. The van der Waals surface area contributed by atoms with E-state index in [0.717, 1.165) is 35.6 Å². The Labute approximate surface area is 130 Å². The van der Waals surface area contributed by atoms with Crippen LogP contribution >= 0.6 is 11.8 Å². The summed E-state index contributed by atoms with van der Waals surface area (Å²) in [6.07, 6.45) is 3.42. The fraction of sp³-hybridized carbons (Fsp3) is 0.733. The molecule has 0 radical (unpaired) electrons. The Hall–Kier alpha value is -1.17. The number of hydrogen-bond acceptors (Lipinski definition) is 4. The van der Waals surface area contributed by atoms with E-state index < -0.39 is 0 Å². The fourth-order valence-corrected chi connectivity index (χ4v) is 4.00. The highest BCUT2D eigenvalue weighted by Gasteiger charge is 2.29. The number of amides is 2. The molecule has 1 aliphatic carbocycles. The van der Waals surface area contributed by atoms with E-state index in [-0.39, 0.29) is 6.03 Å². The summed E-state index contributed by atoms with van der Waals surface area (Å²) >= 11 is 2.01. The van der Waals surface area contributed by atoms with Crippen LogP contribution in [0.1, 0.15) is 43.2 Å². The highest BCUT2D eigenvalue weighted by Crippen LogP contribution is 2.32. The van der Waals surface area contributed by atoms with Crippen LogP contribution in [0.2, 0.25) is 0 Å². The molecule has 0 aromatic carbocycles. The molecule has 1 fully saturated rings. The Morgan fingerprint density at radius 2 is 2.24 bits per heavy atom. The summed E-state index contributed by atoms with van der Waals surface area (Å²) in [6.45, 7) is 6.43. The second kappa shape index (κ2) is 7.20. The monoisotopic (exact) mass is 311 g/mol. The summed E-state index contributed by atoms with van der Waals surface area (Å²) in [6, 6.07) is 0.348. The van der Waals surface area contributed by atoms with Crippen molar-refractivity contribution in [3.05, 3.63) is 17.0 Å². The zero-order chi connectivity index (χ0) is 15.4. The maximum Gasteiger partial charge on any atom is 0.317 e. The maximum absolute atomic E-state index is 12.3. The molecule has 1 heterocycles. The lowest BCUT2D eigenvalue weighted by Gasteiger charge is -2.25. The molecule has 6 heteroatoms. The molecule has 0 aliphatic heterocycles. The van der Waals surface area contributed by atoms with Crippen molar-refractivity contribution >= 4 is 17.8 Å². The van der Waals surface area contributed by atoms with Gasteiger partial charge in [0.2, 0.25) is 0 Å². The third-order valence-electron chi connectivity index (χ3n) is 4.22. The molecule has 5 nitrogen and oxygen atoms in total. The fourth-order valence-electron chi connectivity index (χ4n) is 2.87. The van der Waals surface area contributed by atoms with Crippen LogP contribution in [-0.4, -0.2) is 40.2 Å². The number of thioether (sulfide) groups is 1. The van der Waals surface area contributed by atoms with Crippen LogP contribution in [0.5, 0.6) is 0 Å². The zero-order valence-corrected chi connectivity index (χ0v) is 14.1. The third kappa shape index (κ3) is 3.93. The van der Waals surface area contributed by atoms with Crippen LogP contribution in [0.4, 0.5) is 4.79 Å². The van der Waals surface area contributed by atoms with Gasteiger partial charge in [0.1, 0.15) is 5.76 Å². The Morgan fingerprint density at radius 3 is 2.86 bits per heavy atom. The lowest BCUT2D eigenvalue weighted by molar-refractivity contribution is 0.190. The van der Waals surface area contributed by atoms with Gasteiger partial charge in [-0.05, 0) is 38.9 Å². The first kappa shape index (κ1) is 16.2. The van der Waals surface area contributed by atoms with Crippen LogP contribution in [0.15, 0.2) is 4.52 Å². The quantitative estimate of drug-likeness (QED) is 0.908. The van der Waals surface area contributed by atoms with E-state index in [1.165, 1.54) is 6.42 Å². The number of carbonyl (C=O) groups is 1. The first-order valence-corrected chi connectivity index (χ1v) is 8.61. The normalized spacial score (nSPS) is 21.5. The van der Waals surface area contributed by atoms with Crippen molar-refractivity contribution < 1.29 is 9.32 Å². The Bertz CT molecular complexity index is 470. The minimum absolute atomic E-state index is 0.0119. The molecule has 1 saturated carbocycles. The first-order chi connectivity index (χ1) is 10.0. The molecule has 1 aromatic rings. The molecule has 0 bridgehead atoms. The summed E-state index contributed by atoms with van der Waals surface area (Å²) in [5, 5.41) is 7.58. The SMILES string of the molecule is CCSC1CCC(N(C)C(=O)NCc2c(C)noc2C)C1. The van der Waals surface area contributed by atoms with Crippen LogP contribution < -0.4 is 5.32 Å². The van der Waals surface area contributed by atoms with Gasteiger partial charge in [-0.25, -0.2) is 4.79 Å². The molecule has 2 amide bonds. The average Bonchev–Trinajstić information content (AvgIpc) is 3.04. The van der Waals surface area contributed by atoms with E-state index in [4.69, 9.17) is 4.52 Å². The van der Waals surface area contributed by atoms with E-state index >= 15 is 0 Å². The second-order valence-corrected chi connectivity index (χ2v) is 7.19. The topological polar surface area (TPSA) is 58.4 Å². The highest BCUT2D eigenvalue weighted by atomic mass is 32.2. The molecular weight excluding hydrogens is 286 g/mol. The molecule has 1 aliphatic rings. The van der Waals surface area contributed by atoms with Crippen LogP contribution in [0, 0.1) is 13.8 Å². The van der Waals surface area contributed by atoms with Crippen molar-refractivity contribution in [3.63, 3.8) is 0 Å². The van der Waals surface area contributed by atoms with Gasteiger partial charge in [0.15, 0.2) is 0 Å². The summed E-state index contributed by atoms with van der Waals surface area (Å²) in [7, 11) is 1.90. The zero-order valence-electron chi connectivity index (χ0n) is 13.3. The van der Waals surface area contributed by atoms with Gasteiger partial charge in [-0.2, -0.15) is 11.8 Å². The van der Waals surface area contributed by atoms with E-state index in [1.54, 1.807) is 0 Å². The summed E-state index contributed by atoms with van der Waals surface area (Å²) in [4.78, 5) is 14.1. The second-order valence-electron chi connectivity index (χ2n) is 5.62.